The van der Waals surface area contributed by atoms with Crippen molar-refractivity contribution in [2.24, 2.45) is 7.05 Å². The van der Waals surface area contributed by atoms with E-state index in [2.05, 4.69) is 21.0 Å². The maximum atomic E-state index is 10.2. The zero-order valence-electron chi connectivity index (χ0n) is 8.56. The van der Waals surface area contributed by atoms with Crippen LogP contribution in [0.25, 0.3) is 0 Å². The topological polar surface area (TPSA) is 38.0 Å². The normalized spacial score (nSPS) is 12.8. The van der Waals surface area contributed by atoms with Crippen molar-refractivity contribution in [3.05, 3.63) is 51.2 Å². The molecule has 1 aromatic heterocycles. The number of rotatable bonds is 2. The molecule has 3 nitrogen and oxygen atoms in total. The number of aliphatic hydroxyl groups is 1. The zero-order chi connectivity index (χ0) is 11.7. The molecule has 0 amide bonds. The molecule has 0 aliphatic rings. The summed E-state index contributed by atoms with van der Waals surface area (Å²) >= 11 is 9.39. The van der Waals surface area contributed by atoms with Crippen LogP contribution in [0.1, 0.15) is 17.4 Å². The highest BCUT2D eigenvalue weighted by atomic mass is 79.9. The van der Waals surface area contributed by atoms with Crippen LogP contribution in [0, 0.1) is 0 Å². The predicted octanol–water partition coefficient (Wildman–Crippen LogP) is 2.92. The SMILES string of the molecule is Cn1ncc(Br)c1C(O)c1ccccc1Cl. The molecule has 0 saturated heterocycles. The predicted molar refractivity (Wildman–Crippen MR) is 66.4 cm³/mol. The van der Waals surface area contributed by atoms with Crippen molar-refractivity contribution in [2.45, 2.75) is 6.10 Å². The molecule has 0 spiro atoms. The van der Waals surface area contributed by atoms with Crippen molar-refractivity contribution >= 4 is 27.5 Å². The fraction of sp³-hybridized carbons (Fsp3) is 0.182. The van der Waals surface area contributed by atoms with Crippen LogP contribution in [0.15, 0.2) is 34.9 Å². The third-order valence-corrected chi connectivity index (χ3v) is 3.35. The smallest absolute Gasteiger partial charge is 0.123 e. The minimum Gasteiger partial charge on any atom is -0.382 e. The summed E-state index contributed by atoms with van der Waals surface area (Å²) in [5.74, 6) is 0. The van der Waals surface area contributed by atoms with Crippen molar-refractivity contribution in [3.63, 3.8) is 0 Å². The van der Waals surface area contributed by atoms with Gasteiger partial charge in [-0.1, -0.05) is 29.8 Å². The Balaban J connectivity index is 2.47. The third kappa shape index (κ3) is 2.00. The highest BCUT2D eigenvalue weighted by Gasteiger charge is 2.19. The molecule has 2 aromatic rings. The molecule has 1 unspecified atom stereocenters. The van der Waals surface area contributed by atoms with Gasteiger partial charge < -0.3 is 5.11 Å². The Bertz CT molecular complexity index is 493. The van der Waals surface area contributed by atoms with Crippen LogP contribution in [0.3, 0.4) is 0 Å². The second-order valence-electron chi connectivity index (χ2n) is 3.43. The summed E-state index contributed by atoms with van der Waals surface area (Å²) in [5, 5.41) is 14.9. The second-order valence-corrected chi connectivity index (χ2v) is 4.69. The number of nitrogens with zero attached hydrogens (tertiary/aromatic N) is 2. The summed E-state index contributed by atoms with van der Waals surface area (Å²) in [6, 6.07) is 7.22. The van der Waals surface area contributed by atoms with Crippen molar-refractivity contribution < 1.29 is 5.11 Å². The lowest BCUT2D eigenvalue weighted by atomic mass is 10.1. The number of aliphatic hydroxyl groups excluding tert-OH is 1. The van der Waals surface area contributed by atoms with Gasteiger partial charge in [-0.15, -0.1) is 0 Å². The molecule has 1 N–H and O–H groups in total. The molecule has 1 atom stereocenters. The Morgan fingerprint density at radius 3 is 2.69 bits per heavy atom. The first-order valence-electron chi connectivity index (χ1n) is 4.71. The van der Waals surface area contributed by atoms with Gasteiger partial charge in [0.25, 0.3) is 0 Å². The molecular weight excluding hydrogens is 291 g/mol. The molecule has 2 rings (SSSR count). The van der Waals surface area contributed by atoms with Gasteiger partial charge in [0, 0.05) is 17.6 Å². The number of benzene rings is 1. The Hall–Kier alpha value is -0.840. The van der Waals surface area contributed by atoms with Crippen molar-refractivity contribution in [1.29, 1.82) is 0 Å². The summed E-state index contributed by atoms with van der Waals surface area (Å²) < 4.78 is 2.39. The van der Waals surface area contributed by atoms with Crippen LogP contribution in [0.2, 0.25) is 5.02 Å². The van der Waals surface area contributed by atoms with Gasteiger partial charge in [-0.05, 0) is 22.0 Å². The van der Waals surface area contributed by atoms with Crippen LogP contribution in [0.4, 0.5) is 0 Å². The molecule has 0 aliphatic carbocycles. The average molecular weight is 302 g/mol. The Morgan fingerprint density at radius 1 is 1.44 bits per heavy atom. The first-order valence-corrected chi connectivity index (χ1v) is 5.88. The molecule has 0 bridgehead atoms. The van der Waals surface area contributed by atoms with Crippen LogP contribution in [0.5, 0.6) is 0 Å². The summed E-state index contributed by atoms with van der Waals surface area (Å²) in [4.78, 5) is 0. The first-order chi connectivity index (χ1) is 7.61. The molecule has 0 fully saturated rings. The van der Waals surface area contributed by atoms with E-state index in [1.54, 1.807) is 30.1 Å². The minimum absolute atomic E-state index is 0.545. The molecule has 16 heavy (non-hydrogen) atoms. The van der Waals surface area contributed by atoms with Crippen LogP contribution in [-0.2, 0) is 7.05 Å². The van der Waals surface area contributed by atoms with Crippen molar-refractivity contribution in [3.8, 4) is 0 Å². The second kappa shape index (κ2) is 4.57. The number of aryl methyl sites for hydroxylation is 1. The van der Waals surface area contributed by atoms with E-state index in [4.69, 9.17) is 11.6 Å². The van der Waals surface area contributed by atoms with E-state index < -0.39 is 6.10 Å². The summed E-state index contributed by atoms with van der Waals surface area (Å²) in [5.41, 5.74) is 1.36. The van der Waals surface area contributed by atoms with Crippen molar-refractivity contribution in [1.82, 2.24) is 9.78 Å². The highest BCUT2D eigenvalue weighted by Crippen LogP contribution is 2.31. The summed E-state index contributed by atoms with van der Waals surface area (Å²) in [6.07, 6.45) is 0.866. The Labute approximate surface area is 107 Å². The van der Waals surface area contributed by atoms with Crippen LogP contribution in [-0.4, -0.2) is 14.9 Å². The molecule has 0 aliphatic heterocycles. The molecule has 0 saturated carbocycles. The quantitative estimate of drug-likeness (QED) is 0.926. The van der Waals surface area contributed by atoms with E-state index in [-0.39, 0.29) is 0 Å². The van der Waals surface area contributed by atoms with E-state index in [9.17, 15) is 5.11 Å². The molecule has 1 heterocycles. The maximum Gasteiger partial charge on any atom is 0.123 e. The largest absolute Gasteiger partial charge is 0.382 e. The zero-order valence-corrected chi connectivity index (χ0v) is 10.9. The van der Waals surface area contributed by atoms with Gasteiger partial charge in [0.15, 0.2) is 0 Å². The Kier molecular flexibility index (Phi) is 3.33. The van der Waals surface area contributed by atoms with Gasteiger partial charge in [0.1, 0.15) is 6.10 Å². The maximum absolute atomic E-state index is 10.2. The van der Waals surface area contributed by atoms with Gasteiger partial charge >= 0.3 is 0 Å². The monoisotopic (exact) mass is 300 g/mol. The Morgan fingerprint density at radius 2 is 2.12 bits per heavy atom. The fourth-order valence-corrected chi connectivity index (χ4v) is 2.38. The van der Waals surface area contributed by atoms with Crippen LogP contribution < -0.4 is 0 Å². The lowest BCUT2D eigenvalue weighted by molar-refractivity contribution is 0.209. The number of halogens is 2. The lowest BCUT2D eigenvalue weighted by Gasteiger charge is -2.13. The molecule has 84 valence electrons. The lowest BCUT2D eigenvalue weighted by Crippen LogP contribution is -2.07. The van der Waals surface area contributed by atoms with Gasteiger partial charge in [-0.3, -0.25) is 4.68 Å². The number of aromatic nitrogens is 2. The van der Waals surface area contributed by atoms with E-state index in [1.165, 1.54) is 0 Å². The van der Waals surface area contributed by atoms with Gasteiger partial charge in [-0.25, -0.2) is 0 Å². The van der Waals surface area contributed by atoms with E-state index >= 15 is 0 Å². The van der Waals surface area contributed by atoms with E-state index in [1.807, 2.05) is 12.1 Å². The first kappa shape index (κ1) is 11.6. The molecular formula is C11H10BrClN2O. The highest BCUT2D eigenvalue weighted by molar-refractivity contribution is 9.10. The average Bonchev–Trinajstić information content (AvgIpc) is 2.58. The van der Waals surface area contributed by atoms with Gasteiger partial charge in [-0.2, -0.15) is 5.10 Å². The third-order valence-electron chi connectivity index (χ3n) is 2.40. The molecule has 0 radical (unpaired) electrons. The standard InChI is InChI=1S/C11H10BrClN2O/c1-15-10(8(12)6-14-15)11(16)7-4-2-3-5-9(7)13/h2-6,11,16H,1H3. The van der Waals surface area contributed by atoms with Crippen molar-refractivity contribution in [2.75, 3.05) is 0 Å². The molecule has 5 heteroatoms. The van der Waals surface area contributed by atoms with Gasteiger partial charge in [0.05, 0.1) is 16.4 Å². The number of hydrogen-bond acceptors (Lipinski definition) is 2. The molecule has 1 aromatic carbocycles. The summed E-state index contributed by atoms with van der Waals surface area (Å²) in [7, 11) is 1.78. The van der Waals surface area contributed by atoms with Gasteiger partial charge in [0.2, 0.25) is 0 Å². The minimum atomic E-state index is -0.782. The van der Waals surface area contributed by atoms with E-state index in [0.29, 0.717) is 16.3 Å². The summed E-state index contributed by atoms with van der Waals surface area (Å²) in [6.45, 7) is 0. The van der Waals surface area contributed by atoms with Crippen LogP contribution >= 0.6 is 27.5 Å². The fourth-order valence-electron chi connectivity index (χ4n) is 1.57. The number of hydrogen-bond donors (Lipinski definition) is 1. The van der Waals surface area contributed by atoms with E-state index in [0.717, 1.165) is 4.47 Å².